The fraction of sp³-hybridized carbons (Fsp3) is 0.600. The van der Waals surface area contributed by atoms with Crippen molar-refractivity contribution >= 4 is 17.5 Å². The lowest BCUT2D eigenvalue weighted by Gasteiger charge is -2.44. The van der Waals surface area contributed by atoms with Crippen LogP contribution in [-0.2, 0) is 16.0 Å². The molecule has 1 aromatic carbocycles. The Kier molecular flexibility index (Phi) is 6.38. The molecule has 1 N–H and O–H groups in total. The highest BCUT2D eigenvalue weighted by Crippen LogP contribution is 2.25. The maximum Gasteiger partial charge on any atom is 0.225 e. The first kappa shape index (κ1) is 20.1. The van der Waals surface area contributed by atoms with Crippen LogP contribution in [0.2, 0.25) is 5.02 Å². The summed E-state index contributed by atoms with van der Waals surface area (Å²) in [5.41, 5.74) is 2.20. The smallest absolute Gasteiger partial charge is 0.225 e. The van der Waals surface area contributed by atoms with E-state index in [-0.39, 0.29) is 12.3 Å². The molecule has 0 aromatic heterocycles. The zero-order chi connectivity index (χ0) is 19.4. The largest absolute Gasteiger partial charge is 0.379 e. The molecule has 0 saturated carbocycles. The third-order valence-electron chi connectivity index (χ3n) is 5.57. The molecule has 0 radical (unpaired) electrons. The van der Waals surface area contributed by atoms with Crippen LogP contribution in [0.15, 0.2) is 12.1 Å². The number of amides is 1. The molecule has 0 unspecified atom stereocenters. The van der Waals surface area contributed by atoms with E-state index in [0.29, 0.717) is 17.9 Å². The standard InChI is InChI=1S/C20H27ClN4O2/c1-15-11-17(21)12-16(2)18(15)13-19(26)23-20(14-22)3-5-24(6-4-20)25-7-9-27-10-8-25/h11-12H,3-10,13H2,1-2H3,(H,23,26). The van der Waals surface area contributed by atoms with Gasteiger partial charge in [0.15, 0.2) is 0 Å². The number of carbonyl (C=O) groups is 1. The Morgan fingerprint density at radius 1 is 1.19 bits per heavy atom. The molecule has 7 heteroatoms. The van der Waals surface area contributed by atoms with E-state index >= 15 is 0 Å². The van der Waals surface area contributed by atoms with Gasteiger partial charge in [-0.05, 0) is 55.5 Å². The van der Waals surface area contributed by atoms with Crippen LogP contribution in [0.3, 0.4) is 0 Å². The van der Waals surface area contributed by atoms with Crippen molar-refractivity contribution in [2.45, 2.75) is 38.6 Å². The number of aryl methyl sites for hydroxylation is 2. The third-order valence-corrected chi connectivity index (χ3v) is 5.79. The first-order valence-electron chi connectivity index (χ1n) is 9.48. The van der Waals surface area contributed by atoms with E-state index in [1.165, 1.54) is 0 Å². The minimum absolute atomic E-state index is 0.107. The van der Waals surface area contributed by atoms with Crippen LogP contribution in [0.5, 0.6) is 0 Å². The van der Waals surface area contributed by atoms with Gasteiger partial charge in [-0.2, -0.15) is 5.26 Å². The summed E-state index contributed by atoms with van der Waals surface area (Å²) >= 11 is 6.08. The van der Waals surface area contributed by atoms with Crippen molar-refractivity contribution in [3.8, 4) is 6.07 Å². The Balaban J connectivity index is 1.60. The Morgan fingerprint density at radius 3 is 2.30 bits per heavy atom. The highest BCUT2D eigenvalue weighted by atomic mass is 35.5. The molecule has 0 atom stereocenters. The Hall–Kier alpha value is -1.65. The molecular formula is C20H27ClN4O2. The summed E-state index contributed by atoms with van der Waals surface area (Å²) in [5, 5.41) is 18.1. The van der Waals surface area contributed by atoms with Crippen LogP contribution in [0.4, 0.5) is 0 Å². The van der Waals surface area contributed by atoms with Crippen LogP contribution in [-0.4, -0.2) is 60.9 Å². The second-order valence-corrected chi connectivity index (χ2v) is 7.89. The van der Waals surface area contributed by atoms with E-state index in [0.717, 1.165) is 56.1 Å². The zero-order valence-electron chi connectivity index (χ0n) is 16.1. The molecule has 2 aliphatic heterocycles. The molecule has 1 amide bonds. The first-order chi connectivity index (χ1) is 12.9. The van der Waals surface area contributed by atoms with Crippen molar-refractivity contribution in [2.75, 3.05) is 39.4 Å². The molecule has 1 aromatic rings. The molecule has 0 bridgehead atoms. The van der Waals surface area contributed by atoms with Crippen LogP contribution < -0.4 is 5.32 Å². The number of carbonyl (C=O) groups excluding carboxylic acids is 1. The quantitative estimate of drug-likeness (QED) is 0.853. The van der Waals surface area contributed by atoms with Crippen molar-refractivity contribution in [3.05, 3.63) is 33.8 Å². The number of halogens is 1. The molecule has 6 nitrogen and oxygen atoms in total. The number of nitrogens with one attached hydrogen (secondary N) is 1. The van der Waals surface area contributed by atoms with Crippen LogP contribution in [0.25, 0.3) is 0 Å². The van der Waals surface area contributed by atoms with Crippen molar-refractivity contribution in [2.24, 2.45) is 0 Å². The molecule has 27 heavy (non-hydrogen) atoms. The van der Waals surface area contributed by atoms with Gasteiger partial charge in [0, 0.05) is 31.2 Å². The molecule has 0 aliphatic carbocycles. The van der Waals surface area contributed by atoms with Gasteiger partial charge < -0.3 is 10.1 Å². The predicted molar refractivity (Wildman–Crippen MR) is 104 cm³/mol. The number of benzene rings is 1. The molecule has 146 valence electrons. The predicted octanol–water partition coefficient (Wildman–Crippen LogP) is 2.22. The summed E-state index contributed by atoms with van der Waals surface area (Å²) < 4.78 is 5.40. The third kappa shape index (κ3) is 4.80. The van der Waals surface area contributed by atoms with Crippen molar-refractivity contribution < 1.29 is 9.53 Å². The number of hydrazine groups is 1. The molecule has 3 rings (SSSR count). The van der Waals surface area contributed by atoms with E-state index < -0.39 is 5.54 Å². The summed E-state index contributed by atoms with van der Waals surface area (Å²) in [6.45, 7) is 8.74. The van der Waals surface area contributed by atoms with E-state index in [1.807, 2.05) is 26.0 Å². The maximum absolute atomic E-state index is 12.7. The Labute approximate surface area is 166 Å². The number of nitrogens with zero attached hydrogens (tertiary/aromatic N) is 3. The number of morpholine rings is 1. The van der Waals surface area contributed by atoms with Crippen LogP contribution in [0, 0.1) is 25.2 Å². The van der Waals surface area contributed by atoms with Gasteiger partial charge in [-0.15, -0.1) is 0 Å². The lowest BCUT2D eigenvalue weighted by atomic mass is 9.89. The summed E-state index contributed by atoms with van der Waals surface area (Å²) in [6.07, 6.45) is 1.53. The average Bonchev–Trinajstić information content (AvgIpc) is 2.66. The van der Waals surface area contributed by atoms with E-state index in [4.69, 9.17) is 16.3 Å². The number of nitriles is 1. The number of piperidine rings is 1. The van der Waals surface area contributed by atoms with Crippen LogP contribution in [0.1, 0.15) is 29.5 Å². The maximum atomic E-state index is 12.7. The second-order valence-electron chi connectivity index (χ2n) is 7.46. The van der Waals surface area contributed by atoms with Gasteiger partial charge in [-0.25, -0.2) is 10.0 Å². The van der Waals surface area contributed by atoms with E-state index in [9.17, 15) is 10.1 Å². The Bertz CT molecular complexity index is 709. The van der Waals surface area contributed by atoms with Gasteiger partial charge in [0.05, 0.1) is 25.7 Å². The van der Waals surface area contributed by atoms with Gasteiger partial charge in [0.25, 0.3) is 0 Å². The minimum Gasteiger partial charge on any atom is -0.379 e. The van der Waals surface area contributed by atoms with Gasteiger partial charge in [-0.3, -0.25) is 4.79 Å². The molecule has 2 saturated heterocycles. The fourth-order valence-electron chi connectivity index (χ4n) is 3.95. The average molecular weight is 391 g/mol. The summed E-state index contributed by atoms with van der Waals surface area (Å²) in [4.78, 5) is 12.7. The monoisotopic (exact) mass is 390 g/mol. The van der Waals surface area contributed by atoms with Crippen molar-refractivity contribution in [3.63, 3.8) is 0 Å². The van der Waals surface area contributed by atoms with Gasteiger partial charge in [-0.1, -0.05) is 11.6 Å². The summed E-state index contributed by atoms with van der Waals surface area (Å²) in [7, 11) is 0. The van der Waals surface area contributed by atoms with Gasteiger partial charge in [0.1, 0.15) is 5.54 Å². The molecular weight excluding hydrogens is 364 g/mol. The molecule has 2 aliphatic rings. The highest BCUT2D eigenvalue weighted by molar-refractivity contribution is 6.30. The first-order valence-corrected chi connectivity index (χ1v) is 9.86. The van der Waals surface area contributed by atoms with Gasteiger partial charge >= 0.3 is 0 Å². The summed E-state index contributed by atoms with van der Waals surface area (Å²) in [5.74, 6) is -0.107. The van der Waals surface area contributed by atoms with E-state index in [2.05, 4.69) is 21.4 Å². The van der Waals surface area contributed by atoms with Crippen molar-refractivity contribution in [1.82, 2.24) is 15.3 Å². The van der Waals surface area contributed by atoms with Crippen LogP contribution >= 0.6 is 11.6 Å². The highest BCUT2D eigenvalue weighted by Gasteiger charge is 2.37. The normalized spacial score (nSPS) is 20.8. The van der Waals surface area contributed by atoms with Gasteiger partial charge in [0.2, 0.25) is 5.91 Å². The van der Waals surface area contributed by atoms with Crippen molar-refractivity contribution in [1.29, 1.82) is 5.26 Å². The Morgan fingerprint density at radius 2 is 1.74 bits per heavy atom. The SMILES string of the molecule is Cc1cc(Cl)cc(C)c1CC(=O)NC1(C#N)CCN(N2CCOCC2)CC1. The number of rotatable bonds is 4. The lowest BCUT2D eigenvalue weighted by Crippen LogP contribution is -2.59. The number of ether oxygens (including phenoxy) is 1. The fourth-order valence-corrected chi connectivity index (χ4v) is 4.28. The second kappa shape index (κ2) is 8.57. The topological polar surface area (TPSA) is 68.6 Å². The molecule has 2 heterocycles. The number of hydrogen-bond donors (Lipinski definition) is 1. The summed E-state index contributed by atoms with van der Waals surface area (Å²) in [6, 6.07) is 6.12. The zero-order valence-corrected chi connectivity index (χ0v) is 16.8. The lowest BCUT2D eigenvalue weighted by molar-refractivity contribution is -0.125. The van der Waals surface area contributed by atoms with E-state index in [1.54, 1.807) is 0 Å². The minimum atomic E-state index is -0.784. The number of hydrogen-bond acceptors (Lipinski definition) is 5. The molecule has 2 fully saturated rings. The molecule has 0 spiro atoms.